The zero-order valence-corrected chi connectivity index (χ0v) is 16.0. The van der Waals surface area contributed by atoms with E-state index in [1.807, 2.05) is 34.9 Å². The van der Waals surface area contributed by atoms with Crippen molar-refractivity contribution in [2.45, 2.75) is 0 Å². The summed E-state index contributed by atoms with van der Waals surface area (Å²) in [5.41, 5.74) is 6.58. The van der Waals surface area contributed by atoms with E-state index in [0.29, 0.717) is 11.2 Å². The number of ether oxygens (including phenoxy) is 1. The van der Waals surface area contributed by atoms with E-state index in [1.54, 1.807) is 0 Å². The lowest BCUT2D eigenvalue weighted by atomic mass is 10.1. The summed E-state index contributed by atoms with van der Waals surface area (Å²) in [6.45, 7) is 3.38. The zero-order valence-electron chi connectivity index (χ0n) is 16.0. The van der Waals surface area contributed by atoms with Gasteiger partial charge >= 0.3 is 0 Å². The first-order chi connectivity index (χ1) is 14.3. The average molecular weight is 380 g/mol. The van der Waals surface area contributed by atoms with Crippen molar-refractivity contribution in [2.24, 2.45) is 0 Å². The molecule has 1 saturated heterocycles. The Kier molecular flexibility index (Phi) is 4.47. The number of anilines is 1. The van der Waals surface area contributed by atoms with E-state index in [2.05, 4.69) is 58.5 Å². The number of hydrogen-bond donors (Lipinski definition) is 0. The molecule has 0 unspecified atom stereocenters. The second-order valence-electron chi connectivity index (χ2n) is 7.10. The van der Waals surface area contributed by atoms with E-state index in [-0.39, 0.29) is 0 Å². The number of hydrogen-bond acceptors (Lipinski definition) is 4. The van der Waals surface area contributed by atoms with Gasteiger partial charge in [0.1, 0.15) is 6.07 Å². The quantitative estimate of drug-likeness (QED) is 0.529. The van der Waals surface area contributed by atoms with Gasteiger partial charge in [-0.1, -0.05) is 42.5 Å². The molecule has 0 amide bonds. The number of pyridine rings is 1. The molecule has 5 nitrogen and oxygen atoms in total. The van der Waals surface area contributed by atoms with E-state index in [9.17, 15) is 5.26 Å². The Morgan fingerprint density at radius 2 is 1.66 bits per heavy atom. The SMILES string of the molecule is N#Cc1cc(-c2ccccc2)cn2c(-c3ccc(N4CCOCC4)cc3)cnc12. The first-order valence-electron chi connectivity index (χ1n) is 9.73. The molecule has 2 aromatic heterocycles. The summed E-state index contributed by atoms with van der Waals surface area (Å²) >= 11 is 0. The van der Waals surface area contributed by atoms with Crippen LogP contribution in [0.15, 0.2) is 73.1 Å². The molecule has 5 heteroatoms. The normalized spacial score (nSPS) is 14.1. The van der Waals surface area contributed by atoms with Crippen LogP contribution in [0.4, 0.5) is 5.69 Å². The summed E-state index contributed by atoms with van der Waals surface area (Å²) in [5, 5.41) is 9.65. The molecular formula is C24H20N4O. The lowest BCUT2D eigenvalue weighted by molar-refractivity contribution is 0.122. The number of nitriles is 1. The fourth-order valence-corrected chi connectivity index (χ4v) is 3.84. The predicted molar refractivity (Wildman–Crippen MR) is 114 cm³/mol. The topological polar surface area (TPSA) is 53.6 Å². The summed E-state index contributed by atoms with van der Waals surface area (Å²) in [4.78, 5) is 6.86. The number of imidazole rings is 1. The van der Waals surface area contributed by atoms with Gasteiger partial charge in [0, 0.05) is 30.5 Å². The summed E-state index contributed by atoms with van der Waals surface area (Å²) in [6.07, 6.45) is 3.90. The molecule has 0 saturated carbocycles. The molecule has 1 aliphatic rings. The molecule has 0 bridgehead atoms. The van der Waals surface area contributed by atoms with E-state index >= 15 is 0 Å². The van der Waals surface area contributed by atoms with Crippen molar-refractivity contribution >= 4 is 11.3 Å². The highest BCUT2D eigenvalue weighted by Crippen LogP contribution is 2.28. The molecule has 5 rings (SSSR count). The number of morpholine rings is 1. The second-order valence-corrected chi connectivity index (χ2v) is 7.10. The van der Waals surface area contributed by atoms with Gasteiger partial charge in [0.05, 0.1) is 30.7 Å². The van der Waals surface area contributed by atoms with Crippen LogP contribution in [0.1, 0.15) is 5.56 Å². The highest BCUT2D eigenvalue weighted by atomic mass is 16.5. The molecule has 0 N–H and O–H groups in total. The molecule has 0 aliphatic carbocycles. The fourth-order valence-electron chi connectivity index (χ4n) is 3.84. The van der Waals surface area contributed by atoms with Gasteiger partial charge in [-0.05, 0) is 29.3 Å². The van der Waals surface area contributed by atoms with Crippen molar-refractivity contribution in [3.63, 3.8) is 0 Å². The van der Waals surface area contributed by atoms with Gasteiger partial charge in [-0.15, -0.1) is 0 Å². The van der Waals surface area contributed by atoms with Crippen LogP contribution in [0.25, 0.3) is 28.0 Å². The minimum absolute atomic E-state index is 0.572. The maximum absolute atomic E-state index is 9.65. The molecule has 0 radical (unpaired) electrons. The van der Waals surface area contributed by atoms with Crippen LogP contribution < -0.4 is 4.90 Å². The van der Waals surface area contributed by atoms with Gasteiger partial charge in [-0.2, -0.15) is 5.26 Å². The van der Waals surface area contributed by atoms with Crippen LogP contribution in [0.5, 0.6) is 0 Å². The molecule has 29 heavy (non-hydrogen) atoms. The molecule has 1 aliphatic heterocycles. The molecule has 1 fully saturated rings. The van der Waals surface area contributed by atoms with Crippen molar-refractivity contribution in [3.8, 4) is 28.5 Å². The maximum atomic E-state index is 9.65. The Balaban J connectivity index is 1.57. The summed E-state index contributed by atoms with van der Waals surface area (Å²) < 4.78 is 7.46. The van der Waals surface area contributed by atoms with Crippen molar-refractivity contribution in [3.05, 3.63) is 78.6 Å². The van der Waals surface area contributed by atoms with Crippen LogP contribution >= 0.6 is 0 Å². The monoisotopic (exact) mass is 380 g/mol. The summed E-state index contributed by atoms with van der Waals surface area (Å²) in [7, 11) is 0. The van der Waals surface area contributed by atoms with Crippen LogP contribution in [0.3, 0.4) is 0 Å². The Morgan fingerprint density at radius 1 is 0.897 bits per heavy atom. The number of aromatic nitrogens is 2. The third-order valence-electron chi connectivity index (χ3n) is 5.37. The van der Waals surface area contributed by atoms with E-state index in [1.165, 1.54) is 5.69 Å². The third kappa shape index (κ3) is 3.24. The minimum atomic E-state index is 0.572. The van der Waals surface area contributed by atoms with Crippen LogP contribution in [-0.4, -0.2) is 35.7 Å². The Hall–Kier alpha value is -3.62. The molecule has 4 aromatic rings. The standard InChI is InChI=1S/C24H20N4O/c25-15-20-14-21(18-4-2-1-3-5-18)17-28-23(16-26-24(20)28)19-6-8-22(9-7-19)27-10-12-29-13-11-27/h1-9,14,16-17H,10-13H2. The number of rotatable bonds is 3. The fraction of sp³-hybridized carbons (Fsp3) is 0.167. The summed E-state index contributed by atoms with van der Waals surface area (Å²) in [6, 6.07) is 22.8. The van der Waals surface area contributed by atoms with E-state index in [0.717, 1.165) is 48.7 Å². The van der Waals surface area contributed by atoms with Gasteiger partial charge in [-0.25, -0.2) is 4.98 Å². The molecule has 142 valence electrons. The highest BCUT2D eigenvalue weighted by molar-refractivity contribution is 5.74. The Labute approximate surface area is 169 Å². The molecule has 0 spiro atoms. The molecule has 2 aromatic carbocycles. The number of fused-ring (bicyclic) bond motifs is 1. The van der Waals surface area contributed by atoms with Gasteiger partial charge in [0.2, 0.25) is 0 Å². The first kappa shape index (κ1) is 17.5. The van der Waals surface area contributed by atoms with Gasteiger partial charge in [0.25, 0.3) is 0 Å². The number of benzene rings is 2. The lowest BCUT2D eigenvalue weighted by Crippen LogP contribution is -2.36. The van der Waals surface area contributed by atoms with Crippen molar-refractivity contribution in [2.75, 3.05) is 31.2 Å². The van der Waals surface area contributed by atoms with Crippen molar-refractivity contribution < 1.29 is 4.74 Å². The van der Waals surface area contributed by atoms with Crippen molar-refractivity contribution in [1.29, 1.82) is 5.26 Å². The van der Waals surface area contributed by atoms with Crippen LogP contribution in [-0.2, 0) is 4.74 Å². The molecular weight excluding hydrogens is 360 g/mol. The second kappa shape index (κ2) is 7.42. The largest absolute Gasteiger partial charge is 0.378 e. The lowest BCUT2D eigenvalue weighted by Gasteiger charge is -2.28. The van der Waals surface area contributed by atoms with E-state index in [4.69, 9.17) is 4.74 Å². The molecule has 3 heterocycles. The van der Waals surface area contributed by atoms with Crippen LogP contribution in [0.2, 0.25) is 0 Å². The van der Waals surface area contributed by atoms with Gasteiger partial charge in [0.15, 0.2) is 5.65 Å². The smallest absolute Gasteiger partial charge is 0.155 e. The summed E-state index contributed by atoms with van der Waals surface area (Å²) in [5.74, 6) is 0. The first-order valence-corrected chi connectivity index (χ1v) is 9.73. The average Bonchev–Trinajstić information content (AvgIpc) is 3.24. The van der Waals surface area contributed by atoms with Gasteiger partial charge < -0.3 is 9.64 Å². The zero-order chi connectivity index (χ0) is 19.6. The van der Waals surface area contributed by atoms with Crippen LogP contribution in [0, 0.1) is 11.3 Å². The van der Waals surface area contributed by atoms with E-state index < -0.39 is 0 Å². The van der Waals surface area contributed by atoms with Crippen molar-refractivity contribution in [1.82, 2.24) is 9.38 Å². The third-order valence-corrected chi connectivity index (χ3v) is 5.37. The predicted octanol–water partition coefficient (Wildman–Crippen LogP) is 4.38. The molecule has 0 atom stereocenters. The Bertz CT molecular complexity index is 1180. The Morgan fingerprint density at radius 3 is 2.38 bits per heavy atom. The maximum Gasteiger partial charge on any atom is 0.155 e. The van der Waals surface area contributed by atoms with Gasteiger partial charge in [-0.3, -0.25) is 4.40 Å². The minimum Gasteiger partial charge on any atom is -0.378 e. The number of nitrogens with zero attached hydrogens (tertiary/aromatic N) is 4. The highest BCUT2D eigenvalue weighted by Gasteiger charge is 2.14.